The fourth-order valence-electron chi connectivity index (χ4n) is 3.35. The van der Waals surface area contributed by atoms with Crippen molar-refractivity contribution < 1.29 is 22.7 Å². The topological polar surface area (TPSA) is 50.4 Å². The Hall–Kier alpha value is -2.19. The normalized spacial score (nSPS) is 11.7. The van der Waals surface area contributed by atoms with Gasteiger partial charge in [0.15, 0.2) is 0 Å². The Balaban J connectivity index is 1.81. The summed E-state index contributed by atoms with van der Waals surface area (Å²) in [5.74, 6) is 0.700. The number of hydrogen-bond donors (Lipinski definition) is 1. The molecule has 0 atom stereocenters. The van der Waals surface area contributed by atoms with Crippen LogP contribution in [0, 0.1) is 20.8 Å². The summed E-state index contributed by atoms with van der Waals surface area (Å²) < 4.78 is 44.2. The van der Waals surface area contributed by atoms with Gasteiger partial charge in [-0.15, -0.1) is 11.8 Å². The first-order chi connectivity index (χ1) is 14.5. The lowest BCUT2D eigenvalue weighted by atomic mass is 9.97. The number of benzene rings is 2. The van der Waals surface area contributed by atoms with E-state index in [0.717, 1.165) is 23.3 Å². The zero-order chi connectivity index (χ0) is 22.9. The first-order valence-electron chi connectivity index (χ1n) is 9.41. The fraction of sp³-hybridized carbons (Fsp3) is 0.261. The lowest BCUT2D eigenvalue weighted by Gasteiger charge is -2.14. The maximum atomic E-state index is 12.7. The van der Waals surface area contributed by atoms with Crippen LogP contribution in [0.4, 0.5) is 13.2 Å². The van der Waals surface area contributed by atoms with Crippen LogP contribution in [-0.4, -0.2) is 10.9 Å². The Morgan fingerprint density at radius 3 is 2.29 bits per heavy atom. The highest BCUT2D eigenvalue weighted by Crippen LogP contribution is 2.38. The van der Waals surface area contributed by atoms with E-state index in [-0.39, 0.29) is 11.3 Å². The maximum absolute atomic E-state index is 12.7. The molecular formula is C23H20BrF3O3S. The van der Waals surface area contributed by atoms with E-state index in [1.807, 2.05) is 26.0 Å². The Labute approximate surface area is 190 Å². The second-order valence-corrected chi connectivity index (χ2v) is 9.24. The molecule has 0 bridgehead atoms. The van der Waals surface area contributed by atoms with Gasteiger partial charge in [-0.05, 0) is 62.2 Å². The van der Waals surface area contributed by atoms with Crippen LogP contribution >= 0.6 is 27.7 Å². The van der Waals surface area contributed by atoms with E-state index in [0.29, 0.717) is 38.4 Å². The molecule has 0 spiro atoms. The molecule has 8 heteroatoms. The second-order valence-electron chi connectivity index (χ2n) is 7.22. The molecule has 3 aromatic rings. The van der Waals surface area contributed by atoms with Crippen LogP contribution in [0.3, 0.4) is 0 Å². The van der Waals surface area contributed by atoms with E-state index in [2.05, 4.69) is 15.9 Å². The van der Waals surface area contributed by atoms with E-state index in [4.69, 9.17) is 4.42 Å². The summed E-state index contributed by atoms with van der Waals surface area (Å²) in [6.45, 7) is 5.47. The van der Waals surface area contributed by atoms with Gasteiger partial charge < -0.3 is 9.52 Å². The molecule has 3 rings (SSSR count). The largest absolute Gasteiger partial charge is 0.507 e. The summed E-state index contributed by atoms with van der Waals surface area (Å²) >= 11 is 4.81. The van der Waals surface area contributed by atoms with Crippen LogP contribution in [0.1, 0.15) is 28.0 Å². The molecule has 0 fully saturated rings. The Kier molecular flexibility index (Phi) is 6.91. The van der Waals surface area contributed by atoms with Gasteiger partial charge in [-0.1, -0.05) is 22.0 Å². The number of aryl methyl sites for hydroxylation is 3. The number of aromatic hydroxyl groups is 1. The van der Waals surface area contributed by atoms with Crippen molar-refractivity contribution in [3.05, 3.63) is 79.3 Å². The van der Waals surface area contributed by atoms with Gasteiger partial charge in [-0.2, -0.15) is 13.2 Å². The summed E-state index contributed by atoms with van der Waals surface area (Å²) in [5.41, 5.74) is 1.69. The molecule has 0 aliphatic rings. The number of hydrogen-bond acceptors (Lipinski definition) is 4. The molecule has 1 N–H and O–H groups in total. The number of rotatable bonds is 5. The highest BCUT2D eigenvalue weighted by molar-refractivity contribution is 9.10. The van der Waals surface area contributed by atoms with E-state index >= 15 is 0 Å². The minimum atomic E-state index is -4.37. The summed E-state index contributed by atoms with van der Waals surface area (Å²) in [7, 11) is 0. The molecule has 0 saturated heterocycles. The lowest BCUT2D eigenvalue weighted by Crippen LogP contribution is -2.10. The second kappa shape index (κ2) is 9.12. The van der Waals surface area contributed by atoms with Gasteiger partial charge in [0.25, 0.3) is 0 Å². The number of thioether (sulfide) groups is 1. The third kappa shape index (κ3) is 5.18. The Bertz CT molecular complexity index is 1150. The minimum Gasteiger partial charge on any atom is -0.507 e. The third-order valence-electron chi connectivity index (χ3n) is 4.89. The van der Waals surface area contributed by atoms with Crippen LogP contribution in [0.2, 0.25) is 0 Å². The van der Waals surface area contributed by atoms with Gasteiger partial charge >= 0.3 is 11.8 Å². The number of halogens is 4. The van der Waals surface area contributed by atoms with Crippen LogP contribution in [0.15, 0.2) is 55.0 Å². The van der Waals surface area contributed by atoms with Crippen LogP contribution in [-0.2, 0) is 12.6 Å². The van der Waals surface area contributed by atoms with E-state index in [1.54, 1.807) is 6.92 Å². The predicted molar refractivity (Wildman–Crippen MR) is 120 cm³/mol. The molecule has 2 aromatic carbocycles. The molecule has 31 heavy (non-hydrogen) atoms. The molecule has 0 unspecified atom stereocenters. The standard InChI is InChI=1S/C23H20BrF3O3S/c1-12-10-13(2)19(17(24)11-12)20-21(28)14(3)18(30-22(20)29)8-9-31-16-6-4-15(5-7-16)23(25,26)27/h4-7,10-11,28H,8-9H2,1-3H3. The molecule has 0 aliphatic heterocycles. The molecule has 164 valence electrons. The van der Waals surface area contributed by atoms with Gasteiger partial charge in [-0.25, -0.2) is 4.79 Å². The first kappa shape index (κ1) is 23.5. The SMILES string of the molecule is Cc1cc(C)c(-c2c(O)c(C)c(CCSc3ccc(C(F)(F)F)cc3)oc2=O)c(Br)c1. The highest BCUT2D eigenvalue weighted by Gasteiger charge is 2.30. The quantitative estimate of drug-likeness (QED) is 0.372. The minimum absolute atomic E-state index is 0.112. The fourth-order valence-corrected chi connectivity index (χ4v) is 5.07. The Morgan fingerprint density at radius 1 is 1.06 bits per heavy atom. The van der Waals surface area contributed by atoms with Crippen molar-refractivity contribution in [2.45, 2.75) is 38.3 Å². The van der Waals surface area contributed by atoms with E-state index in [9.17, 15) is 23.1 Å². The molecule has 0 aliphatic carbocycles. The van der Waals surface area contributed by atoms with Crippen molar-refractivity contribution in [2.75, 3.05) is 5.75 Å². The van der Waals surface area contributed by atoms with Crippen molar-refractivity contribution in [2.24, 2.45) is 0 Å². The molecule has 1 aromatic heterocycles. The molecular weight excluding hydrogens is 493 g/mol. The average molecular weight is 513 g/mol. The smallest absolute Gasteiger partial charge is 0.416 e. The van der Waals surface area contributed by atoms with E-state index in [1.165, 1.54) is 23.9 Å². The molecule has 0 saturated carbocycles. The third-order valence-corrected chi connectivity index (χ3v) is 6.53. The highest BCUT2D eigenvalue weighted by atomic mass is 79.9. The molecule has 0 amide bonds. The average Bonchev–Trinajstić information content (AvgIpc) is 2.67. The summed E-state index contributed by atoms with van der Waals surface area (Å²) in [5, 5.41) is 10.8. The summed E-state index contributed by atoms with van der Waals surface area (Å²) in [6.07, 6.45) is -4.03. The van der Waals surface area contributed by atoms with E-state index < -0.39 is 17.4 Å². The molecule has 0 radical (unpaired) electrons. The van der Waals surface area contributed by atoms with Gasteiger partial charge in [-0.3, -0.25) is 0 Å². The molecule has 3 nitrogen and oxygen atoms in total. The van der Waals surface area contributed by atoms with Crippen molar-refractivity contribution in [1.29, 1.82) is 0 Å². The van der Waals surface area contributed by atoms with Crippen molar-refractivity contribution in [3.8, 4) is 16.9 Å². The monoisotopic (exact) mass is 512 g/mol. The van der Waals surface area contributed by atoms with Crippen LogP contribution in [0.5, 0.6) is 5.75 Å². The number of alkyl halides is 3. The zero-order valence-electron chi connectivity index (χ0n) is 17.1. The van der Waals surface area contributed by atoms with Crippen molar-refractivity contribution in [1.82, 2.24) is 0 Å². The lowest BCUT2D eigenvalue weighted by molar-refractivity contribution is -0.137. The Morgan fingerprint density at radius 2 is 1.71 bits per heavy atom. The van der Waals surface area contributed by atoms with Crippen molar-refractivity contribution in [3.63, 3.8) is 0 Å². The first-order valence-corrected chi connectivity index (χ1v) is 11.2. The van der Waals surface area contributed by atoms with Crippen LogP contribution < -0.4 is 5.63 Å². The van der Waals surface area contributed by atoms with Gasteiger partial charge in [0, 0.05) is 32.7 Å². The van der Waals surface area contributed by atoms with Crippen molar-refractivity contribution >= 4 is 27.7 Å². The van der Waals surface area contributed by atoms with Crippen LogP contribution in [0.25, 0.3) is 11.1 Å². The maximum Gasteiger partial charge on any atom is 0.416 e. The summed E-state index contributed by atoms with van der Waals surface area (Å²) in [6, 6.07) is 8.68. The van der Waals surface area contributed by atoms with Gasteiger partial charge in [0.2, 0.25) is 0 Å². The summed E-state index contributed by atoms with van der Waals surface area (Å²) in [4.78, 5) is 13.4. The van der Waals surface area contributed by atoms with Gasteiger partial charge in [0.05, 0.1) is 5.56 Å². The van der Waals surface area contributed by atoms with Gasteiger partial charge in [0.1, 0.15) is 17.1 Å². The zero-order valence-corrected chi connectivity index (χ0v) is 19.5. The predicted octanol–water partition coefficient (Wildman–Crippen LogP) is 7.05. The molecule has 1 heterocycles.